The summed E-state index contributed by atoms with van der Waals surface area (Å²) in [6, 6.07) is -0.969. The minimum atomic E-state index is -1.98. The van der Waals surface area contributed by atoms with Crippen LogP contribution in [0.1, 0.15) is 290 Å². The second kappa shape index (κ2) is 51.9. The third-order valence-corrected chi connectivity index (χ3v) is 18.3. The van der Waals surface area contributed by atoms with Gasteiger partial charge in [0.25, 0.3) is 0 Å². The van der Waals surface area contributed by atoms with Crippen molar-refractivity contribution in [2.45, 2.75) is 394 Å². The molecule has 19 nitrogen and oxygen atoms in total. The van der Waals surface area contributed by atoms with Crippen molar-refractivity contribution in [3.63, 3.8) is 0 Å². The Kier molecular flexibility index (Phi) is 47.6. The van der Waals surface area contributed by atoms with Crippen molar-refractivity contribution in [1.29, 1.82) is 0 Å². The standard InChI is InChI=1S/C69H131NO18/c1-3-5-7-9-11-13-15-17-19-21-23-25-26-27-28-30-32-34-36-38-40-42-44-46-53(74)52(70-57(75)47-45-43-41-39-37-35-33-31-29-24-22-20-18-16-14-12-10-8-6-4-2)51-83-67-63(81)60(78)65(55(49-72)85-67)88-69-64(82)61(79)66(56(50-73)86-69)87-68-62(80)59(77)58(76)54(48-71)84-68/h44,46,52-56,58-69,71-74,76-82H,3-43,45,47-51H2,1-2H3,(H,70,75)/b46-44+. The normalized spacial score (nSPS) is 28.4. The number of nitrogens with one attached hydrogen (secondary N) is 1. The molecule has 0 aromatic rings. The fraction of sp³-hybridized carbons (Fsp3) is 0.957. The van der Waals surface area contributed by atoms with Crippen LogP contribution in [-0.2, 0) is 33.2 Å². The van der Waals surface area contributed by atoms with E-state index in [1.54, 1.807) is 6.08 Å². The molecule has 3 saturated heterocycles. The number of amides is 1. The molecular weight excluding hydrogens is 1130 g/mol. The Morgan fingerprint density at radius 2 is 0.705 bits per heavy atom. The Morgan fingerprint density at radius 1 is 0.398 bits per heavy atom. The molecule has 0 spiro atoms. The highest BCUT2D eigenvalue weighted by molar-refractivity contribution is 5.76. The molecule has 0 aliphatic carbocycles. The Labute approximate surface area is 531 Å². The Bertz CT molecular complexity index is 1650. The van der Waals surface area contributed by atoms with E-state index >= 15 is 0 Å². The van der Waals surface area contributed by atoms with Crippen LogP contribution >= 0.6 is 0 Å². The molecule has 0 saturated carbocycles. The number of unbranched alkanes of at least 4 members (excludes halogenated alkanes) is 40. The van der Waals surface area contributed by atoms with Crippen molar-refractivity contribution in [2.24, 2.45) is 0 Å². The van der Waals surface area contributed by atoms with Crippen molar-refractivity contribution in [3.8, 4) is 0 Å². The van der Waals surface area contributed by atoms with E-state index in [9.17, 15) is 61.0 Å². The zero-order valence-electron chi connectivity index (χ0n) is 55.0. The van der Waals surface area contributed by atoms with E-state index in [4.69, 9.17) is 28.4 Å². The van der Waals surface area contributed by atoms with E-state index in [2.05, 4.69) is 19.2 Å². The quantitative estimate of drug-likeness (QED) is 0.0199. The van der Waals surface area contributed by atoms with E-state index < -0.39 is 124 Å². The summed E-state index contributed by atoms with van der Waals surface area (Å²) in [5.74, 6) is -0.269. The molecule has 3 heterocycles. The van der Waals surface area contributed by atoms with Crippen LogP contribution in [0.3, 0.4) is 0 Å². The van der Waals surface area contributed by atoms with Gasteiger partial charge in [0, 0.05) is 6.42 Å². The number of hydrogen-bond donors (Lipinski definition) is 12. The van der Waals surface area contributed by atoms with Crippen LogP contribution in [0.4, 0.5) is 0 Å². The molecule has 3 aliphatic rings. The first-order valence-corrected chi connectivity index (χ1v) is 35.9. The van der Waals surface area contributed by atoms with Crippen LogP contribution in [0.15, 0.2) is 12.2 Å². The summed E-state index contributed by atoms with van der Waals surface area (Å²) >= 11 is 0. The molecule has 1 amide bonds. The summed E-state index contributed by atoms with van der Waals surface area (Å²) in [5, 5.41) is 121. The number of allylic oxidation sites excluding steroid dienone is 1. The second-order valence-corrected chi connectivity index (χ2v) is 26.1. The summed E-state index contributed by atoms with van der Waals surface area (Å²) in [6.45, 7) is 1.78. The van der Waals surface area contributed by atoms with Crippen molar-refractivity contribution in [3.05, 3.63) is 12.2 Å². The summed E-state index contributed by atoms with van der Waals surface area (Å²) in [4.78, 5) is 13.4. The van der Waals surface area contributed by atoms with Gasteiger partial charge in [-0.3, -0.25) is 4.79 Å². The molecular formula is C69H131NO18. The second-order valence-electron chi connectivity index (χ2n) is 26.1. The lowest BCUT2D eigenvalue weighted by molar-refractivity contribution is -0.379. The third-order valence-electron chi connectivity index (χ3n) is 18.3. The van der Waals surface area contributed by atoms with Gasteiger partial charge in [0.2, 0.25) is 5.91 Å². The lowest BCUT2D eigenvalue weighted by Gasteiger charge is -2.48. The van der Waals surface area contributed by atoms with Gasteiger partial charge in [0.15, 0.2) is 18.9 Å². The van der Waals surface area contributed by atoms with Crippen molar-refractivity contribution >= 4 is 5.91 Å². The van der Waals surface area contributed by atoms with E-state index in [0.717, 1.165) is 44.9 Å². The largest absolute Gasteiger partial charge is 0.394 e. The molecule has 0 radical (unpaired) electrons. The van der Waals surface area contributed by atoms with Gasteiger partial charge in [0.1, 0.15) is 73.2 Å². The molecule has 88 heavy (non-hydrogen) atoms. The first kappa shape index (κ1) is 80.8. The van der Waals surface area contributed by atoms with Gasteiger partial charge in [-0.25, -0.2) is 0 Å². The first-order valence-electron chi connectivity index (χ1n) is 35.9. The lowest BCUT2D eigenvalue weighted by Crippen LogP contribution is -2.66. The van der Waals surface area contributed by atoms with E-state index in [-0.39, 0.29) is 18.9 Å². The number of aliphatic hydroxyl groups is 11. The number of carbonyl (C=O) groups is 1. The molecule has 3 rings (SSSR count). The van der Waals surface area contributed by atoms with Gasteiger partial charge >= 0.3 is 0 Å². The molecule has 17 unspecified atom stereocenters. The Balaban J connectivity index is 1.43. The minimum absolute atomic E-state index is 0.250. The number of carbonyl (C=O) groups excluding carboxylic acids is 1. The highest BCUT2D eigenvalue weighted by Crippen LogP contribution is 2.33. The fourth-order valence-electron chi connectivity index (χ4n) is 12.5. The molecule has 12 N–H and O–H groups in total. The van der Waals surface area contributed by atoms with Crippen LogP contribution in [0.2, 0.25) is 0 Å². The molecule has 17 atom stereocenters. The van der Waals surface area contributed by atoms with Gasteiger partial charge in [-0.05, 0) is 19.3 Å². The van der Waals surface area contributed by atoms with Crippen molar-refractivity contribution in [2.75, 3.05) is 26.4 Å². The Morgan fingerprint density at radius 3 is 1.07 bits per heavy atom. The van der Waals surface area contributed by atoms with E-state index in [0.29, 0.717) is 6.42 Å². The van der Waals surface area contributed by atoms with E-state index in [1.165, 1.54) is 218 Å². The highest BCUT2D eigenvalue weighted by atomic mass is 16.8. The molecule has 520 valence electrons. The fourth-order valence-corrected chi connectivity index (χ4v) is 12.5. The summed E-state index contributed by atoms with van der Waals surface area (Å²) < 4.78 is 34.4. The van der Waals surface area contributed by atoms with Crippen LogP contribution in [0.25, 0.3) is 0 Å². The topological polar surface area (TPSA) is 307 Å². The Hall–Kier alpha value is -1.47. The number of aliphatic hydroxyl groups excluding tert-OH is 11. The predicted octanol–water partition coefficient (Wildman–Crippen LogP) is 9.67. The number of ether oxygens (including phenoxy) is 6. The maximum absolute atomic E-state index is 13.4. The maximum Gasteiger partial charge on any atom is 0.220 e. The molecule has 0 aromatic carbocycles. The molecule has 0 bridgehead atoms. The molecule has 0 aromatic heterocycles. The van der Waals surface area contributed by atoms with Crippen LogP contribution in [0, 0.1) is 0 Å². The summed E-state index contributed by atoms with van der Waals surface area (Å²) in [7, 11) is 0. The van der Waals surface area contributed by atoms with Crippen LogP contribution < -0.4 is 5.32 Å². The SMILES string of the molecule is CCCCCCCCCCCCCCCCCCCCCCC/C=C/C(O)C(COC1OC(CO)C(OC2OC(CO)C(OC3OC(CO)C(O)C(O)C3O)C(O)C2O)C(O)C1O)NC(=O)CCCCCCCCCCCCCCCCCCCCCC. The summed E-state index contributed by atoms with van der Waals surface area (Å²) in [6.07, 6.45) is 30.4. The van der Waals surface area contributed by atoms with Gasteiger partial charge in [-0.1, -0.05) is 276 Å². The average Bonchev–Trinajstić information content (AvgIpc) is 1.28. The van der Waals surface area contributed by atoms with Gasteiger partial charge in [-0.15, -0.1) is 0 Å². The first-order chi connectivity index (χ1) is 42.8. The molecule has 19 heteroatoms. The highest BCUT2D eigenvalue weighted by Gasteiger charge is 2.53. The number of rotatable bonds is 56. The van der Waals surface area contributed by atoms with Gasteiger partial charge in [0.05, 0.1) is 38.6 Å². The average molecular weight is 1260 g/mol. The van der Waals surface area contributed by atoms with Crippen molar-refractivity contribution < 1.29 is 89.4 Å². The monoisotopic (exact) mass is 1260 g/mol. The van der Waals surface area contributed by atoms with Crippen LogP contribution in [0.5, 0.6) is 0 Å². The zero-order chi connectivity index (χ0) is 64.0. The third kappa shape index (κ3) is 33.6. The lowest BCUT2D eigenvalue weighted by atomic mass is 9.96. The minimum Gasteiger partial charge on any atom is -0.394 e. The maximum atomic E-state index is 13.4. The van der Waals surface area contributed by atoms with E-state index in [1.807, 2.05) is 6.08 Å². The number of hydrogen-bond acceptors (Lipinski definition) is 18. The van der Waals surface area contributed by atoms with Crippen LogP contribution in [-0.4, -0.2) is 193 Å². The summed E-state index contributed by atoms with van der Waals surface area (Å²) in [5.41, 5.74) is 0. The molecule has 3 fully saturated rings. The van der Waals surface area contributed by atoms with Gasteiger partial charge in [-0.2, -0.15) is 0 Å². The smallest absolute Gasteiger partial charge is 0.220 e. The zero-order valence-corrected chi connectivity index (χ0v) is 55.0. The predicted molar refractivity (Wildman–Crippen MR) is 342 cm³/mol. The molecule has 3 aliphatic heterocycles. The van der Waals surface area contributed by atoms with Gasteiger partial charge < -0.3 is 89.9 Å². The van der Waals surface area contributed by atoms with Crippen molar-refractivity contribution in [1.82, 2.24) is 5.32 Å².